The van der Waals surface area contributed by atoms with E-state index in [2.05, 4.69) is 19.2 Å². The second kappa shape index (κ2) is 8.42. The highest BCUT2D eigenvalue weighted by Gasteiger charge is 2.51. The molecule has 0 aromatic heterocycles. The number of nitrogens with one attached hydrogen (secondary N) is 1. The zero-order chi connectivity index (χ0) is 24.3. The number of likely N-dealkylation sites (tertiary alicyclic amines) is 1. The molecule has 2 aromatic carbocycles. The molecule has 1 N–H and O–H groups in total. The van der Waals surface area contributed by atoms with Gasteiger partial charge in [0.2, 0.25) is 11.8 Å². The lowest BCUT2D eigenvalue weighted by Gasteiger charge is -2.53. The molecule has 7 nitrogen and oxygen atoms in total. The first-order valence-corrected chi connectivity index (χ1v) is 12.7. The van der Waals surface area contributed by atoms with Crippen molar-refractivity contribution in [2.75, 3.05) is 36.4 Å². The fourth-order valence-corrected chi connectivity index (χ4v) is 6.40. The summed E-state index contributed by atoms with van der Waals surface area (Å²) < 4.78 is 13.1. The third-order valence-corrected chi connectivity index (χ3v) is 8.22. The zero-order valence-electron chi connectivity index (χ0n) is 20.0. The van der Waals surface area contributed by atoms with Crippen molar-refractivity contribution in [2.45, 2.75) is 44.5 Å². The first kappa shape index (κ1) is 22.7. The predicted molar refractivity (Wildman–Crippen MR) is 134 cm³/mol. The number of nitrogens with zero attached hydrogens (tertiary/aromatic N) is 2. The molecule has 8 heteroatoms. The van der Waals surface area contributed by atoms with Crippen molar-refractivity contribution in [3.8, 4) is 5.75 Å². The summed E-state index contributed by atoms with van der Waals surface area (Å²) in [7, 11) is 0. The Morgan fingerprint density at radius 2 is 2.06 bits per heavy atom. The second-order valence-electron chi connectivity index (χ2n) is 10.6. The number of benzene rings is 2. The van der Waals surface area contributed by atoms with Crippen molar-refractivity contribution >= 4 is 34.8 Å². The van der Waals surface area contributed by atoms with E-state index in [1.165, 1.54) is 0 Å². The fraction of sp³-hybridized carbons (Fsp3) is 0.481. The maximum atomic E-state index is 13.3. The molecule has 6 rings (SSSR count). The van der Waals surface area contributed by atoms with E-state index in [0.29, 0.717) is 18.1 Å². The van der Waals surface area contributed by atoms with Crippen LogP contribution in [0.15, 0.2) is 42.5 Å². The number of hydrogen-bond acceptors (Lipinski definition) is 5. The molecule has 0 bridgehead atoms. The predicted octanol–water partition coefficient (Wildman–Crippen LogP) is 4.26. The van der Waals surface area contributed by atoms with Gasteiger partial charge in [-0.3, -0.25) is 9.59 Å². The van der Waals surface area contributed by atoms with Gasteiger partial charge in [-0.25, -0.2) is 0 Å². The van der Waals surface area contributed by atoms with Gasteiger partial charge in [0.15, 0.2) is 0 Å². The Balaban J connectivity index is 1.17. The summed E-state index contributed by atoms with van der Waals surface area (Å²) in [6, 6.07) is 13.4. The summed E-state index contributed by atoms with van der Waals surface area (Å²) in [5, 5.41) is 3.57. The number of amides is 2. The van der Waals surface area contributed by atoms with Crippen LogP contribution in [0, 0.1) is 11.8 Å². The summed E-state index contributed by atoms with van der Waals surface area (Å²) in [6.07, 6.45) is 1.77. The minimum atomic E-state index is -0.381. The molecule has 4 aliphatic rings. The highest BCUT2D eigenvalue weighted by molar-refractivity contribution is 6.30. The van der Waals surface area contributed by atoms with Crippen LogP contribution in [-0.4, -0.2) is 54.6 Å². The normalized spacial score (nSPS) is 28.6. The van der Waals surface area contributed by atoms with Crippen LogP contribution in [0.5, 0.6) is 5.75 Å². The van der Waals surface area contributed by atoms with E-state index in [9.17, 15) is 9.59 Å². The number of carbonyl (C=O) groups is 2. The number of halogens is 1. The SMILES string of the molecule is CC1(C)Oc2ccc(Cl)cc2[C@@H]2O[C@@H]3CCN(C(=O)CN4CC(=O)Nc5ccccc54)C[C@H]3C[C@H]21. The molecule has 0 spiro atoms. The summed E-state index contributed by atoms with van der Waals surface area (Å²) in [6.45, 7) is 5.93. The molecule has 0 aliphatic carbocycles. The number of hydrogen-bond donors (Lipinski definition) is 1. The summed E-state index contributed by atoms with van der Waals surface area (Å²) >= 11 is 6.31. The van der Waals surface area contributed by atoms with Gasteiger partial charge in [-0.05, 0) is 57.0 Å². The van der Waals surface area contributed by atoms with Crippen LogP contribution in [0.4, 0.5) is 11.4 Å². The van der Waals surface area contributed by atoms with Crippen LogP contribution in [0.25, 0.3) is 0 Å². The molecular weight excluding hydrogens is 466 g/mol. The maximum absolute atomic E-state index is 13.3. The fourth-order valence-electron chi connectivity index (χ4n) is 6.22. The lowest BCUT2D eigenvalue weighted by molar-refractivity contribution is -0.188. The number of ether oxygens (including phenoxy) is 2. The van der Waals surface area contributed by atoms with Gasteiger partial charge in [0.25, 0.3) is 0 Å². The molecule has 4 atom stereocenters. The smallest absolute Gasteiger partial charge is 0.243 e. The quantitative estimate of drug-likeness (QED) is 0.674. The number of carbonyl (C=O) groups excluding carboxylic acids is 2. The summed E-state index contributed by atoms with van der Waals surface area (Å²) in [5.41, 5.74) is 2.29. The Morgan fingerprint density at radius 3 is 2.91 bits per heavy atom. The largest absolute Gasteiger partial charge is 0.487 e. The highest BCUT2D eigenvalue weighted by Crippen LogP contribution is 2.53. The van der Waals surface area contributed by atoms with Crippen LogP contribution in [0.3, 0.4) is 0 Å². The number of rotatable bonds is 2. The molecule has 4 heterocycles. The Bertz CT molecular complexity index is 1180. The zero-order valence-corrected chi connectivity index (χ0v) is 20.8. The van der Waals surface area contributed by atoms with Crippen molar-refractivity contribution in [2.24, 2.45) is 11.8 Å². The molecular formula is C27H30ClN3O4. The minimum Gasteiger partial charge on any atom is -0.487 e. The monoisotopic (exact) mass is 495 g/mol. The van der Waals surface area contributed by atoms with Gasteiger partial charge in [-0.2, -0.15) is 0 Å². The van der Waals surface area contributed by atoms with Crippen molar-refractivity contribution in [3.05, 3.63) is 53.1 Å². The molecule has 2 fully saturated rings. The Morgan fingerprint density at radius 1 is 1.23 bits per heavy atom. The lowest BCUT2D eigenvalue weighted by Crippen LogP contribution is -2.57. The molecule has 2 aromatic rings. The van der Waals surface area contributed by atoms with Crippen molar-refractivity contribution in [1.82, 2.24) is 4.90 Å². The van der Waals surface area contributed by atoms with Gasteiger partial charge in [0.1, 0.15) is 11.4 Å². The van der Waals surface area contributed by atoms with E-state index >= 15 is 0 Å². The van der Waals surface area contributed by atoms with Crippen molar-refractivity contribution in [1.29, 1.82) is 0 Å². The van der Waals surface area contributed by atoms with Crippen molar-refractivity contribution < 1.29 is 19.1 Å². The van der Waals surface area contributed by atoms with Gasteiger partial charge in [0, 0.05) is 35.5 Å². The van der Waals surface area contributed by atoms with E-state index in [4.69, 9.17) is 21.1 Å². The number of piperidine rings is 1. The van der Waals surface area contributed by atoms with E-state index in [1.807, 2.05) is 52.3 Å². The Labute approximate surface area is 210 Å². The third-order valence-electron chi connectivity index (χ3n) is 7.98. The minimum absolute atomic E-state index is 0.0476. The number of fused-ring (bicyclic) bond motifs is 5. The molecule has 184 valence electrons. The highest BCUT2D eigenvalue weighted by atomic mass is 35.5. The van der Waals surface area contributed by atoms with Crippen LogP contribution in [-0.2, 0) is 14.3 Å². The number of anilines is 2. The first-order chi connectivity index (χ1) is 16.8. The second-order valence-corrected chi connectivity index (χ2v) is 11.1. The van der Waals surface area contributed by atoms with Crippen molar-refractivity contribution in [3.63, 3.8) is 0 Å². The van der Waals surface area contributed by atoms with Gasteiger partial charge in [0.05, 0.1) is 36.7 Å². The molecule has 0 unspecified atom stereocenters. The maximum Gasteiger partial charge on any atom is 0.243 e. The van der Waals surface area contributed by atoms with E-state index in [0.717, 1.165) is 35.5 Å². The van der Waals surface area contributed by atoms with Gasteiger partial charge < -0.3 is 24.6 Å². The molecule has 2 amide bonds. The first-order valence-electron chi connectivity index (χ1n) is 12.3. The van der Waals surface area contributed by atoms with Gasteiger partial charge in [-0.15, -0.1) is 0 Å². The third kappa shape index (κ3) is 4.04. The standard InChI is InChI=1S/C27H30ClN3O4/c1-27(2)19-11-16-13-30(25(33)15-31-14-24(32)29-20-5-3-4-6-21(20)31)10-9-22(16)34-26(19)18-12-17(28)7-8-23(18)35-27/h3-8,12,16,19,22,26H,9-11,13-15H2,1-2H3,(H,29,32)/t16-,19-,22-,26+/m1/s1. The molecule has 4 aliphatic heterocycles. The lowest BCUT2D eigenvalue weighted by atomic mass is 9.70. The van der Waals surface area contributed by atoms with Gasteiger partial charge in [-0.1, -0.05) is 23.7 Å². The van der Waals surface area contributed by atoms with Crippen LogP contribution >= 0.6 is 11.6 Å². The van der Waals surface area contributed by atoms with E-state index in [-0.39, 0.29) is 54.5 Å². The van der Waals surface area contributed by atoms with Crippen LogP contribution in [0.1, 0.15) is 38.4 Å². The molecule has 0 radical (unpaired) electrons. The number of para-hydroxylation sites is 2. The molecule has 2 saturated heterocycles. The Hall–Kier alpha value is -2.77. The van der Waals surface area contributed by atoms with Crippen LogP contribution in [0.2, 0.25) is 5.02 Å². The molecule has 0 saturated carbocycles. The van der Waals surface area contributed by atoms with E-state index < -0.39 is 0 Å². The van der Waals surface area contributed by atoms with Gasteiger partial charge >= 0.3 is 0 Å². The Kier molecular flexibility index (Phi) is 5.45. The summed E-state index contributed by atoms with van der Waals surface area (Å²) in [4.78, 5) is 29.3. The topological polar surface area (TPSA) is 71.1 Å². The average molecular weight is 496 g/mol. The average Bonchev–Trinajstić information content (AvgIpc) is 2.83. The molecule has 35 heavy (non-hydrogen) atoms. The summed E-state index contributed by atoms with van der Waals surface area (Å²) in [5.74, 6) is 1.21. The van der Waals surface area contributed by atoms with E-state index in [1.54, 1.807) is 0 Å². The van der Waals surface area contributed by atoms with Crippen LogP contribution < -0.4 is 15.0 Å².